The van der Waals surface area contributed by atoms with Crippen molar-refractivity contribution in [3.8, 4) is 0 Å². The molecule has 0 spiro atoms. The average molecular weight is 202 g/mol. The molecule has 0 unspecified atom stereocenters. The Kier molecular flexibility index (Phi) is 8.94. The van der Waals surface area contributed by atoms with E-state index in [0.29, 0.717) is 0 Å². The first-order valence-electron chi connectivity index (χ1n) is 2.83. The molecule has 0 aliphatic heterocycles. The van der Waals surface area contributed by atoms with Crippen LogP contribution in [0, 0.1) is 13.8 Å². The van der Waals surface area contributed by atoms with E-state index in [-0.39, 0.29) is 51.6 Å². The van der Waals surface area contributed by atoms with Crippen molar-refractivity contribution < 1.29 is 32.7 Å². The third-order valence-corrected chi connectivity index (χ3v) is 1.43. The second-order valence-corrected chi connectivity index (χ2v) is 2.08. The Balaban J connectivity index is 0. The van der Waals surface area contributed by atoms with Crippen molar-refractivity contribution in [1.82, 2.24) is 0 Å². The number of hydrogen-bond acceptors (Lipinski definition) is 0. The van der Waals surface area contributed by atoms with Crippen LogP contribution in [0.3, 0.4) is 0 Å². The minimum Gasteiger partial charge on any atom is -0.0620 e. The molecular weight excluding hydrogens is 192 g/mol. The van der Waals surface area contributed by atoms with E-state index in [1.807, 2.05) is 0 Å². The van der Waals surface area contributed by atoms with Crippen LogP contribution in [0.1, 0.15) is 11.1 Å². The van der Waals surface area contributed by atoms with Crippen molar-refractivity contribution in [1.29, 1.82) is 0 Å². The first kappa shape index (κ1) is 13.5. The van der Waals surface area contributed by atoms with Crippen LogP contribution in [0.2, 0.25) is 0 Å². The van der Waals surface area contributed by atoms with Crippen molar-refractivity contribution >= 4 is 18.9 Å². The molecule has 10 heavy (non-hydrogen) atoms. The maximum Gasteiger partial charge on any atom is 0 e. The van der Waals surface area contributed by atoms with Gasteiger partial charge in [0.1, 0.15) is 0 Å². The van der Waals surface area contributed by atoms with Crippen LogP contribution in [0.4, 0.5) is 0 Å². The minimum atomic E-state index is 0. The first-order chi connectivity index (χ1) is 3.80. The molecule has 0 nitrogen and oxygen atoms in total. The van der Waals surface area contributed by atoms with Crippen molar-refractivity contribution in [2.75, 3.05) is 0 Å². The molecule has 0 saturated carbocycles. The van der Waals surface area contributed by atoms with Crippen LogP contribution in [-0.4, -0.2) is 18.9 Å². The summed E-state index contributed by atoms with van der Waals surface area (Å²) in [5.74, 6) is 0. The molecule has 1 aromatic rings. The van der Waals surface area contributed by atoms with Gasteiger partial charge in [0.25, 0.3) is 0 Å². The predicted molar refractivity (Wildman–Crippen MR) is 41.7 cm³/mol. The van der Waals surface area contributed by atoms with Crippen LogP contribution in [-0.2, 0) is 32.7 Å². The smallest absolute Gasteiger partial charge is 0 e. The normalized spacial score (nSPS) is 7.40. The topological polar surface area (TPSA) is 0 Å². The van der Waals surface area contributed by atoms with Gasteiger partial charge >= 0.3 is 0 Å². The maximum atomic E-state index is 2.12. The fourth-order valence-corrected chi connectivity index (χ4v) is 0.663. The minimum absolute atomic E-state index is 0. The van der Waals surface area contributed by atoms with Gasteiger partial charge in [0.15, 0.2) is 0 Å². The van der Waals surface area contributed by atoms with E-state index in [4.69, 9.17) is 0 Å². The zero-order valence-electron chi connectivity index (χ0n) is 6.89. The van der Waals surface area contributed by atoms with Crippen LogP contribution < -0.4 is 0 Å². The Bertz CT molecular complexity index is 165. The molecule has 0 N–H and O–H groups in total. The van der Waals surface area contributed by atoms with Crippen molar-refractivity contribution in [3.05, 3.63) is 35.4 Å². The van der Waals surface area contributed by atoms with E-state index >= 15 is 0 Å². The Labute approximate surface area is 99.8 Å². The van der Waals surface area contributed by atoms with Gasteiger partial charge in [0.2, 0.25) is 0 Å². The average Bonchev–Trinajstić information content (AvgIpc) is 1.77. The molecule has 0 fully saturated rings. The van der Waals surface area contributed by atoms with Gasteiger partial charge < -0.3 is 0 Å². The number of rotatable bonds is 0. The molecule has 0 aromatic heterocycles. The van der Waals surface area contributed by atoms with Crippen LogP contribution in [0.5, 0.6) is 0 Å². The Morgan fingerprint density at radius 1 is 0.900 bits per heavy atom. The number of benzene rings is 1. The summed E-state index contributed by atoms with van der Waals surface area (Å²) in [4.78, 5) is 0. The van der Waals surface area contributed by atoms with E-state index < -0.39 is 0 Å². The molecule has 1 rings (SSSR count). The van der Waals surface area contributed by atoms with Gasteiger partial charge in [-0.05, 0) is 25.0 Å². The maximum absolute atomic E-state index is 2.12. The first-order valence-corrected chi connectivity index (χ1v) is 2.83. The molecule has 0 atom stereocenters. The standard InChI is InChI=1S/C8H10.Li.Y/c1-7-5-3-4-6-8(7)2;;/h3-6H,1-2H3;;. The second-order valence-electron chi connectivity index (χ2n) is 2.08. The third kappa shape index (κ3) is 3.94. The quantitative estimate of drug-likeness (QED) is 0.563. The summed E-state index contributed by atoms with van der Waals surface area (Å²) in [6, 6.07) is 8.36. The zero-order chi connectivity index (χ0) is 5.98. The molecule has 2 radical (unpaired) electrons. The summed E-state index contributed by atoms with van der Waals surface area (Å²) < 4.78 is 0. The summed E-state index contributed by atoms with van der Waals surface area (Å²) in [5.41, 5.74) is 2.74. The van der Waals surface area contributed by atoms with E-state index in [2.05, 4.69) is 38.1 Å². The second kappa shape index (κ2) is 6.62. The number of hydrogen-bond donors (Lipinski definition) is 0. The Morgan fingerprint density at radius 3 is 1.40 bits per heavy atom. The fourth-order valence-electron chi connectivity index (χ4n) is 0.663. The van der Waals surface area contributed by atoms with Gasteiger partial charge in [0.05, 0.1) is 0 Å². The summed E-state index contributed by atoms with van der Waals surface area (Å²) in [7, 11) is 0. The molecule has 0 aliphatic carbocycles. The molecule has 0 heterocycles. The molecule has 0 aliphatic rings. The van der Waals surface area contributed by atoms with Gasteiger partial charge in [-0.1, -0.05) is 24.3 Å². The van der Waals surface area contributed by atoms with Crippen molar-refractivity contribution in [2.24, 2.45) is 0 Å². The van der Waals surface area contributed by atoms with E-state index in [1.54, 1.807) is 0 Å². The summed E-state index contributed by atoms with van der Waals surface area (Å²) in [6.07, 6.45) is 0. The van der Waals surface area contributed by atoms with E-state index in [1.165, 1.54) is 11.1 Å². The van der Waals surface area contributed by atoms with Crippen LogP contribution in [0.15, 0.2) is 24.3 Å². The van der Waals surface area contributed by atoms with Crippen molar-refractivity contribution in [2.45, 2.75) is 13.8 Å². The van der Waals surface area contributed by atoms with Crippen molar-refractivity contribution in [3.63, 3.8) is 0 Å². The largest absolute Gasteiger partial charge is 0.0620 e. The molecule has 46 valence electrons. The van der Waals surface area contributed by atoms with E-state index in [0.717, 1.165) is 0 Å². The molecule has 0 saturated heterocycles. The van der Waals surface area contributed by atoms with Crippen LogP contribution >= 0.6 is 0 Å². The Hall–Kier alpha value is 0.921. The predicted octanol–water partition coefficient (Wildman–Crippen LogP) is 1.92. The summed E-state index contributed by atoms with van der Waals surface area (Å²) in [6.45, 7) is 4.24. The monoisotopic (exact) mass is 202 g/mol. The number of aryl methyl sites for hydroxylation is 2. The molecular formula is C8H10LiY. The molecule has 2 heteroatoms. The van der Waals surface area contributed by atoms with Gasteiger partial charge in [-0.3, -0.25) is 0 Å². The van der Waals surface area contributed by atoms with Gasteiger partial charge in [0, 0.05) is 51.6 Å². The van der Waals surface area contributed by atoms with E-state index in [9.17, 15) is 0 Å². The zero-order valence-corrected chi connectivity index (χ0v) is 9.73. The van der Waals surface area contributed by atoms with Crippen LogP contribution in [0.25, 0.3) is 0 Å². The molecule has 1 aromatic carbocycles. The van der Waals surface area contributed by atoms with Gasteiger partial charge in [-0.2, -0.15) is 0 Å². The Morgan fingerprint density at radius 2 is 1.20 bits per heavy atom. The summed E-state index contributed by atoms with van der Waals surface area (Å²) in [5, 5.41) is 0. The molecule has 0 bridgehead atoms. The summed E-state index contributed by atoms with van der Waals surface area (Å²) >= 11 is 0. The third-order valence-electron chi connectivity index (χ3n) is 1.43. The SMILES string of the molecule is Cc1ccccc1C.[Li].[Y]. The van der Waals surface area contributed by atoms with Gasteiger partial charge in [-0.25, -0.2) is 0 Å². The van der Waals surface area contributed by atoms with Gasteiger partial charge in [-0.15, -0.1) is 0 Å². The fraction of sp³-hybridized carbons (Fsp3) is 0.250. The molecule has 0 amide bonds.